The molecule has 3 heteroatoms. The zero-order chi connectivity index (χ0) is 11.3. The molecular formula is C12H23NO2. The standard InChI is InChI=1S/C12H23NO2/c1-3-8-13(9-10-14)11(15)12(2)6-4-5-7-12/h14H,3-10H2,1-2H3. The van der Waals surface area contributed by atoms with Gasteiger partial charge in [-0.1, -0.05) is 26.7 Å². The van der Waals surface area contributed by atoms with Gasteiger partial charge in [-0.2, -0.15) is 0 Å². The summed E-state index contributed by atoms with van der Waals surface area (Å²) >= 11 is 0. The van der Waals surface area contributed by atoms with Crippen molar-refractivity contribution in [3.05, 3.63) is 0 Å². The van der Waals surface area contributed by atoms with Crippen LogP contribution in [0.2, 0.25) is 0 Å². The molecule has 0 aliphatic heterocycles. The van der Waals surface area contributed by atoms with E-state index in [0.717, 1.165) is 25.8 Å². The summed E-state index contributed by atoms with van der Waals surface area (Å²) in [5.41, 5.74) is -0.148. The second kappa shape index (κ2) is 5.50. The number of hydrogen-bond acceptors (Lipinski definition) is 2. The Morgan fingerprint density at radius 3 is 2.40 bits per heavy atom. The number of carbonyl (C=O) groups is 1. The average molecular weight is 213 g/mol. The second-order valence-electron chi connectivity index (χ2n) is 4.78. The van der Waals surface area contributed by atoms with Gasteiger partial charge in [-0.15, -0.1) is 0 Å². The minimum absolute atomic E-state index is 0.0713. The van der Waals surface area contributed by atoms with Crippen LogP contribution in [-0.2, 0) is 4.79 Å². The van der Waals surface area contributed by atoms with Crippen molar-refractivity contribution >= 4 is 5.91 Å². The Balaban J connectivity index is 2.61. The number of nitrogens with zero attached hydrogens (tertiary/aromatic N) is 1. The number of aliphatic hydroxyl groups is 1. The van der Waals surface area contributed by atoms with Gasteiger partial charge in [0.25, 0.3) is 0 Å². The lowest BCUT2D eigenvalue weighted by molar-refractivity contribution is -0.141. The third-order valence-corrected chi connectivity index (χ3v) is 3.37. The topological polar surface area (TPSA) is 40.5 Å². The molecule has 0 aromatic carbocycles. The van der Waals surface area contributed by atoms with E-state index in [1.165, 1.54) is 12.8 Å². The van der Waals surface area contributed by atoms with E-state index in [1.807, 2.05) is 4.90 Å². The van der Waals surface area contributed by atoms with Crippen LogP contribution in [0.5, 0.6) is 0 Å². The van der Waals surface area contributed by atoms with Gasteiger partial charge in [0.1, 0.15) is 0 Å². The summed E-state index contributed by atoms with van der Waals surface area (Å²) in [6.45, 7) is 5.47. The van der Waals surface area contributed by atoms with Crippen molar-refractivity contribution in [2.24, 2.45) is 5.41 Å². The van der Waals surface area contributed by atoms with Gasteiger partial charge >= 0.3 is 0 Å². The molecule has 1 rings (SSSR count). The van der Waals surface area contributed by atoms with E-state index in [4.69, 9.17) is 5.11 Å². The number of rotatable bonds is 5. The first-order valence-corrected chi connectivity index (χ1v) is 6.04. The van der Waals surface area contributed by atoms with Crippen molar-refractivity contribution in [2.45, 2.75) is 46.0 Å². The molecule has 0 radical (unpaired) electrons. The smallest absolute Gasteiger partial charge is 0.228 e. The van der Waals surface area contributed by atoms with Gasteiger partial charge in [-0.05, 0) is 19.3 Å². The molecule has 0 atom stereocenters. The summed E-state index contributed by atoms with van der Waals surface area (Å²) in [5, 5.41) is 8.95. The highest BCUT2D eigenvalue weighted by Gasteiger charge is 2.38. The van der Waals surface area contributed by atoms with Crippen molar-refractivity contribution in [1.29, 1.82) is 0 Å². The molecule has 0 heterocycles. The molecule has 15 heavy (non-hydrogen) atoms. The second-order valence-corrected chi connectivity index (χ2v) is 4.78. The summed E-state index contributed by atoms with van der Waals surface area (Å²) < 4.78 is 0. The molecule has 1 aliphatic carbocycles. The van der Waals surface area contributed by atoms with Crippen LogP contribution in [-0.4, -0.2) is 35.6 Å². The van der Waals surface area contributed by atoms with Gasteiger partial charge in [-0.25, -0.2) is 0 Å². The summed E-state index contributed by atoms with van der Waals surface area (Å²) in [7, 11) is 0. The summed E-state index contributed by atoms with van der Waals surface area (Å²) in [6.07, 6.45) is 5.32. The van der Waals surface area contributed by atoms with Crippen LogP contribution in [0.1, 0.15) is 46.0 Å². The summed E-state index contributed by atoms with van der Waals surface area (Å²) in [5.74, 6) is 0.246. The van der Waals surface area contributed by atoms with E-state index < -0.39 is 0 Å². The van der Waals surface area contributed by atoms with Crippen molar-refractivity contribution < 1.29 is 9.90 Å². The maximum atomic E-state index is 12.3. The molecule has 0 spiro atoms. The number of amides is 1. The Morgan fingerprint density at radius 1 is 1.33 bits per heavy atom. The highest BCUT2D eigenvalue weighted by Crippen LogP contribution is 2.39. The molecule has 88 valence electrons. The lowest BCUT2D eigenvalue weighted by Crippen LogP contribution is -2.42. The van der Waals surface area contributed by atoms with E-state index in [9.17, 15) is 4.79 Å². The minimum atomic E-state index is -0.148. The molecule has 0 aromatic heterocycles. The first-order chi connectivity index (χ1) is 7.14. The predicted molar refractivity (Wildman–Crippen MR) is 60.5 cm³/mol. The first kappa shape index (κ1) is 12.5. The number of carbonyl (C=O) groups excluding carboxylic acids is 1. The molecule has 0 bridgehead atoms. The largest absolute Gasteiger partial charge is 0.395 e. The maximum Gasteiger partial charge on any atom is 0.228 e. The van der Waals surface area contributed by atoms with Crippen LogP contribution in [0.4, 0.5) is 0 Å². The van der Waals surface area contributed by atoms with Crippen LogP contribution in [0.3, 0.4) is 0 Å². The minimum Gasteiger partial charge on any atom is -0.395 e. The Kier molecular flexibility index (Phi) is 4.58. The molecule has 0 saturated heterocycles. The van der Waals surface area contributed by atoms with E-state index in [2.05, 4.69) is 13.8 Å². The molecule has 1 N–H and O–H groups in total. The van der Waals surface area contributed by atoms with Crippen LogP contribution in [0, 0.1) is 5.41 Å². The van der Waals surface area contributed by atoms with Crippen molar-refractivity contribution in [3.8, 4) is 0 Å². The number of aliphatic hydroxyl groups excluding tert-OH is 1. The van der Waals surface area contributed by atoms with E-state index in [1.54, 1.807) is 0 Å². The SMILES string of the molecule is CCCN(CCO)C(=O)C1(C)CCCC1. The highest BCUT2D eigenvalue weighted by atomic mass is 16.3. The maximum absolute atomic E-state index is 12.3. The van der Waals surface area contributed by atoms with Crippen molar-refractivity contribution in [3.63, 3.8) is 0 Å². The molecule has 3 nitrogen and oxygen atoms in total. The molecule has 1 amide bonds. The Bertz CT molecular complexity index is 204. The van der Waals surface area contributed by atoms with Gasteiger partial charge in [0.15, 0.2) is 0 Å². The zero-order valence-electron chi connectivity index (χ0n) is 9.96. The van der Waals surface area contributed by atoms with Crippen LogP contribution in [0.25, 0.3) is 0 Å². The molecule has 1 fully saturated rings. The van der Waals surface area contributed by atoms with E-state index in [0.29, 0.717) is 6.54 Å². The fourth-order valence-electron chi connectivity index (χ4n) is 2.46. The predicted octanol–water partition coefficient (Wildman–Crippen LogP) is 1.80. The molecular weight excluding hydrogens is 190 g/mol. The van der Waals surface area contributed by atoms with Crippen LogP contribution >= 0.6 is 0 Å². The van der Waals surface area contributed by atoms with Gasteiger partial charge < -0.3 is 10.0 Å². The summed E-state index contributed by atoms with van der Waals surface area (Å²) in [4.78, 5) is 14.1. The van der Waals surface area contributed by atoms with Crippen molar-refractivity contribution in [1.82, 2.24) is 4.90 Å². The van der Waals surface area contributed by atoms with Crippen LogP contribution < -0.4 is 0 Å². The zero-order valence-corrected chi connectivity index (χ0v) is 9.96. The van der Waals surface area contributed by atoms with E-state index in [-0.39, 0.29) is 17.9 Å². The third-order valence-electron chi connectivity index (χ3n) is 3.37. The quantitative estimate of drug-likeness (QED) is 0.756. The van der Waals surface area contributed by atoms with Crippen molar-refractivity contribution in [2.75, 3.05) is 19.7 Å². The Labute approximate surface area is 92.5 Å². The van der Waals surface area contributed by atoms with Crippen LogP contribution in [0.15, 0.2) is 0 Å². The van der Waals surface area contributed by atoms with Gasteiger partial charge in [-0.3, -0.25) is 4.79 Å². The fourth-order valence-corrected chi connectivity index (χ4v) is 2.46. The molecule has 1 saturated carbocycles. The number of hydrogen-bond donors (Lipinski definition) is 1. The normalized spacial score (nSPS) is 19.1. The lowest BCUT2D eigenvalue weighted by Gasteiger charge is -2.31. The lowest BCUT2D eigenvalue weighted by atomic mass is 9.87. The van der Waals surface area contributed by atoms with Gasteiger partial charge in [0, 0.05) is 18.5 Å². The summed E-state index contributed by atoms with van der Waals surface area (Å²) in [6, 6.07) is 0. The first-order valence-electron chi connectivity index (χ1n) is 6.04. The average Bonchev–Trinajstić information content (AvgIpc) is 2.65. The molecule has 0 unspecified atom stereocenters. The monoisotopic (exact) mass is 213 g/mol. The molecule has 1 aliphatic rings. The van der Waals surface area contributed by atoms with Gasteiger partial charge in [0.05, 0.1) is 6.61 Å². The fraction of sp³-hybridized carbons (Fsp3) is 0.917. The van der Waals surface area contributed by atoms with Gasteiger partial charge in [0.2, 0.25) is 5.91 Å². The molecule has 0 aromatic rings. The third kappa shape index (κ3) is 2.94. The Hall–Kier alpha value is -0.570. The Morgan fingerprint density at radius 2 is 1.93 bits per heavy atom. The highest BCUT2D eigenvalue weighted by molar-refractivity contribution is 5.82. The van der Waals surface area contributed by atoms with E-state index >= 15 is 0 Å².